The molecule has 2 aromatic carbocycles. The number of benzene rings is 2. The number of nitrogens with zero attached hydrogens (tertiary/aromatic N) is 2. The molecule has 1 atom stereocenters. The third-order valence-corrected chi connectivity index (χ3v) is 7.32. The van der Waals surface area contributed by atoms with Gasteiger partial charge in [0.25, 0.3) is 0 Å². The minimum Gasteiger partial charge on any atom is -0.486 e. The standard InChI is InChI=1S/C21H24FN3O5S/c1-15(16-6-7-18-19(14-16)30-13-12-29-18)23-21(26)24-8-10-25(11-9-24)31(27,28)20-5-3-2-4-17(20)22/h2-7,14-15H,8-13H2,1H3,(H,23,26)/t15-/m0/s1. The number of ether oxygens (including phenoxy) is 2. The number of sulfonamides is 1. The maximum atomic E-state index is 14.0. The lowest BCUT2D eigenvalue weighted by Gasteiger charge is -2.34. The van der Waals surface area contributed by atoms with Gasteiger partial charge in [0.15, 0.2) is 11.5 Å². The van der Waals surface area contributed by atoms with Gasteiger partial charge in [-0.2, -0.15) is 4.31 Å². The summed E-state index contributed by atoms with van der Waals surface area (Å²) in [6, 6.07) is 10.3. The van der Waals surface area contributed by atoms with E-state index >= 15 is 0 Å². The fourth-order valence-corrected chi connectivity index (χ4v) is 5.10. The molecule has 2 heterocycles. The van der Waals surface area contributed by atoms with Gasteiger partial charge < -0.3 is 19.7 Å². The van der Waals surface area contributed by atoms with E-state index in [1.54, 1.807) is 4.90 Å². The van der Waals surface area contributed by atoms with E-state index in [1.165, 1.54) is 22.5 Å². The summed E-state index contributed by atoms with van der Waals surface area (Å²) in [6.07, 6.45) is 0. The molecule has 0 radical (unpaired) electrons. The summed E-state index contributed by atoms with van der Waals surface area (Å²) in [5.74, 6) is 0.549. The van der Waals surface area contributed by atoms with E-state index in [0.29, 0.717) is 24.7 Å². The average Bonchev–Trinajstić information content (AvgIpc) is 2.79. The Morgan fingerprint density at radius 2 is 1.71 bits per heavy atom. The lowest BCUT2D eigenvalue weighted by atomic mass is 10.1. The summed E-state index contributed by atoms with van der Waals surface area (Å²) in [7, 11) is -3.94. The summed E-state index contributed by atoms with van der Waals surface area (Å²) >= 11 is 0. The lowest BCUT2D eigenvalue weighted by Crippen LogP contribution is -2.53. The molecule has 1 N–H and O–H groups in total. The number of piperazine rings is 1. The van der Waals surface area contributed by atoms with Gasteiger partial charge in [0, 0.05) is 26.2 Å². The first-order valence-corrected chi connectivity index (χ1v) is 11.5. The predicted molar refractivity (Wildman–Crippen MR) is 111 cm³/mol. The number of fused-ring (bicyclic) bond motifs is 1. The number of carbonyl (C=O) groups excluding carboxylic acids is 1. The van der Waals surface area contributed by atoms with Crippen LogP contribution in [0.25, 0.3) is 0 Å². The molecule has 0 bridgehead atoms. The Kier molecular flexibility index (Phi) is 6.01. The van der Waals surface area contributed by atoms with Crippen molar-refractivity contribution in [1.82, 2.24) is 14.5 Å². The Morgan fingerprint density at radius 3 is 2.42 bits per heavy atom. The molecule has 0 aliphatic carbocycles. The van der Waals surface area contributed by atoms with E-state index in [-0.39, 0.29) is 43.1 Å². The summed E-state index contributed by atoms with van der Waals surface area (Å²) < 4.78 is 51.7. The van der Waals surface area contributed by atoms with Crippen molar-refractivity contribution in [1.29, 1.82) is 0 Å². The highest BCUT2D eigenvalue weighted by atomic mass is 32.2. The van der Waals surface area contributed by atoms with Gasteiger partial charge in [0.05, 0.1) is 6.04 Å². The van der Waals surface area contributed by atoms with Crippen molar-refractivity contribution in [3.05, 3.63) is 53.8 Å². The Bertz CT molecular complexity index is 1070. The van der Waals surface area contributed by atoms with Gasteiger partial charge in [0.2, 0.25) is 10.0 Å². The minimum absolute atomic E-state index is 0.0997. The molecule has 1 fully saturated rings. The molecule has 2 aliphatic heterocycles. The zero-order valence-electron chi connectivity index (χ0n) is 17.1. The van der Waals surface area contributed by atoms with Crippen LogP contribution in [0.4, 0.5) is 9.18 Å². The number of amides is 2. The van der Waals surface area contributed by atoms with E-state index in [4.69, 9.17) is 9.47 Å². The molecule has 166 valence electrons. The quantitative estimate of drug-likeness (QED) is 0.774. The van der Waals surface area contributed by atoms with Crippen molar-refractivity contribution in [2.24, 2.45) is 0 Å². The van der Waals surface area contributed by atoms with Crippen LogP contribution in [0, 0.1) is 5.82 Å². The Morgan fingerprint density at radius 1 is 1.03 bits per heavy atom. The van der Waals surface area contributed by atoms with Crippen LogP contribution in [-0.4, -0.2) is 63.0 Å². The molecule has 0 aromatic heterocycles. The molecule has 2 amide bonds. The van der Waals surface area contributed by atoms with E-state index in [2.05, 4.69) is 5.32 Å². The predicted octanol–water partition coefficient (Wildman–Crippen LogP) is 2.37. The van der Waals surface area contributed by atoms with Crippen LogP contribution in [-0.2, 0) is 10.0 Å². The molecule has 0 saturated carbocycles. The topological polar surface area (TPSA) is 88.2 Å². The number of carbonyl (C=O) groups is 1. The van der Waals surface area contributed by atoms with E-state index in [0.717, 1.165) is 11.6 Å². The largest absolute Gasteiger partial charge is 0.486 e. The Hall–Kier alpha value is -2.85. The van der Waals surface area contributed by atoms with Crippen LogP contribution in [0.2, 0.25) is 0 Å². The van der Waals surface area contributed by atoms with Gasteiger partial charge in [-0.25, -0.2) is 17.6 Å². The number of urea groups is 1. The first-order valence-electron chi connectivity index (χ1n) is 10.1. The molecule has 8 nitrogen and oxygen atoms in total. The fourth-order valence-electron chi connectivity index (χ4n) is 3.61. The third kappa shape index (κ3) is 4.45. The molecular weight excluding hydrogens is 425 g/mol. The number of rotatable bonds is 4. The van der Waals surface area contributed by atoms with Gasteiger partial charge in [0.1, 0.15) is 23.9 Å². The van der Waals surface area contributed by atoms with Crippen LogP contribution >= 0.6 is 0 Å². The van der Waals surface area contributed by atoms with E-state index in [1.807, 2.05) is 25.1 Å². The smallest absolute Gasteiger partial charge is 0.317 e. The zero-order chi connectivity index (χ0) is 22.0. The fraction of sp³-hybridized carbons (Fsp3) is 0.381. The molecular formula is C21H24FN3O5S. The Balaban J connectivity index is 1.36. The second kappa shape index (κ2) is 8.72. The molecule has 4 rings (SSSR count). The lowest BCUT2D eigenvalue weighted by molar-refractivity contribution is 0.168. The van der Waals surface area contributed by atoms with Crippen LogP contribution in [0.3, 0.4) is 0 Å². The SMILES string of the molecule is C[C@H](NC(=O)N1CCN(S(=O)(=O)c2ccccc2F)CC1)c1ccc2c(c1)OCCO2. The van der Waals surface area contributed by atoms with Crippen molar-refractivity contribution in [2.75, 3.05) is 39.4 Å². The molecule has 2 aromatic rings. The molecule has 31 heavy (non-hydrogen) atoms. The molecule has 2 aliphatic rings. The summed E-state index contributed by atoms with van der Waals surface area (Å²) in [5, 5.41) is 2.93. The van der Waals surface area contributed by atoms with Crippen molar-refractivity contribution in [3.63, 3.8) is 0 Å². The van der Waals surface area contributed by atoms with Crippen LogP contribution in [0.5, 0.6) is 11.5 Å². The molecule has 10 heteroatoms. The highest BCUT2D eigenvalue weighted by Gasteiger charge is 2.32. The molecule has 1 saturated heterocycles. The van der Waals surface area contributed by atoms with Crippen molar-refractivity contribution >= 4 is 16.1 Å². The first kappa shape index (κ1) is 21.4. The number of nitrogens with one attached hydrogen (secondary N) is 1. The third-order valence-electron chi connectivity index (χ3n) is 5.39. The number of hydrogen-bond acceptors (Lipinski definition) is 5. The van der Waals surface area contributed by atoms with E-state index in [9.17, 15) is 17.6 Å². The summed E-state index contributed by atoms with van der Waals surface area (Å²) in [6.45, 7) is 3.49. The summed E-state index contributed by atoms with van der Waals surface area (Å²) in [4.78, 5) is 13.9. The number of halogens is 1. The van der Waals surface area contributed by atoms with E-state index < -0.39 is 15.8 Å². The maximum absolute atomic E-state index is 14.0. The van der Waals surface area contributed by atoms with Gasteiger partial charge in [-0.05, 0) is 36.8 Å². The van der Waals surface area contributed by atoms with Crippen molar-refractivity contribution in [3.8, 4) is 11.5 Å². The molecule has 0 spiro atoms. The highest BCUT2D eigenvalue weighted by molar-refractivity contribution is 7.89. The summed E-state index contributed by atoms with van der Waals surface area (Å²) in [5.41, 5.74) is 0.873. The average molecular weight is 450 g/mol. The molecule has 0 unspecified atom stereocenters. The minimum atomic E-state index is -3.94. The second-order valence-electron chi connectivity index (χ2n) is 7.40. The maximum Gasteiger partial charge on any atom is 0.317 e. The monoisotopic (exact) mass is 449 g/mol. The highest BCUT2D eigenvalue weighted by Crippen LogP contribution is 2.32. The van der Waals surface area contributed by atoms with Crippen molar-refractivity contribution in [2.45, 2.75) is 17.9 Å². The van der Waals surface area contributed by atoms with Crippen LogP contribution in [0.1, 0.15) is 18.5 Å². The van der Waals surface area contributed by atoms with Crippen molar-refractivity contribution < 1.29 is 27.1 Å². The van der Waals surface area contributed by atoms with Gasteiger partial charge in [-0.3, -0.25) is 0 Å². The van der Waals surface area contributed by atoms with Gasteiger partial charge >= 0.3 is 6.03 Å². The van der Waals surface area contributed by atoms with Crippen LogP contribution in [0.15, 0.2) is 47.4 Å². The van der Waals surface area contributed by atoms with Gasteiger partial charge in [-0.1, -0.05) is 18.2 Å². The Labute approximate surface area is 180 Å². The second-order valence-corrected chi connectivity index (χ2v) is 9.30. The normalized spacial score (nSPS) is 17.8. The van der Waals surface area contributed by atoms with Gasteiger partial charge in [-0.15, -0.1) is 0 Å². The van der Waals surface area contributed by atoms with Crippen LogP contribution < -0.4 is 14.8 Å². The number of hydrogen-bond donors (Lipinski definition) is 1. The first-order chi connectivity index (χ1) is 14.9. The zero-order valence-corrected chi connectivity index (χ0v) is 17.9.